The summed E-state index contributed by atoms with van der Waals surface area (Å²) in [7, 11) is 0. The second kappa shape index (κ2) is 4.27. The van der Waals surface area contributed by atoms with E-state index in [1.165, 1.54) is 6.08 Å². The molecule has 1 amide bonds. The first-order valence-electron chi connectivity index (χ1n) is 3.55. The van der Waals surface area contributed by atoms with E-state index in [0.717, 1.165) is 9.13 Å². The van der Waals surface area contributed by atoms with E-state index in [0.29, 0.717) is 0 Å². The van der Waals surface area contributed by atoms with E-state index in [-0.39, 0.29) is 5.75 Å². The van der Waals surface area contributed by atoms with Crippen LogP contribution in [0.15, 0.2) is 24.3 Å². The van der Waals surface area contributed by atoms with Crippen LogP contribution in [0.5, 0.6) is 5.75 Å². The summed E-state index contributed by atoms with van der Waals surface area (Å²) < 4.78 is 0.740. The zero-order chi connectivity index (χ0) is 9.84. The van der Waals surface area contributed by atoms with E-state index in [2.05, 4.69) is 0 Å². The number of amides is 1. The molecular weight excluding hydrogens is 281 g/mol. The zero-order valence-corrected chi connectivity index (χ0v) is 8.86. The minimum Gasteiger partial charge on any atom is -0.507 e. The highest BCUT2D eigenvalue weighted by Crippen LogP contribution is 2.20. The van der Waals surface area contributed by atoms with Crippen molar-refractivity contribution in [2.24, 2.45) is 5.73 Å². The summed E-state index contributed by atoms with van der Waals surface area (Å²) in [6.07, 6.45) is 2.88. The maximum absolute atomic E-state index is 10.4. The molecule has 0 saturated carbocycles. The number of phenolic OH excluding ortho intramolecular Hbond substituents is 1. The average Bonchev–Trinajstić information content (AvgIpc) is 2.07. The Morgan fingerprint density at radius 3 is 2.77 bits per heavy atom. The Balaban J connectivity index is 2.92. The van der Waals surface area contributed by atoms with Crippen molar-refractivity contribution < 1.29 is 9.90 Å². The summed E-state index contributed by atoms with van der Waals surface area (Å²) >= 11 is 2.01. The highest BCUT2D eigenvalue weighted by atomic mass is 127. The number of benzene rings is 1. The van der Waals surface area contributed by atoms with Crippen molar-refractivity contribution in [2.45, 2.75) is 0 Å². The number of hydrogen-bond acceptors (Lipinski definition) is 2. The molecule has 0 aliphatic carbocycles. The third-order valence-corrected chi connectivity index (χ3v) is 2.28. The minimum atomic E-state index is -0.483. The SMILES string of the molecule is NC(=O)/C=C\c1ccc(O)c(I)c1. The van der Waals surface area contributed by atoms with E-state index < -0.39 is 5.91 Å². The van der Waals surface area contributed by atoms with Gasteiger partial charge in [0.05, 0.1) is 3.57 Å². The van der Waals surface area contributed by atoms with E-state index in [1.807, 2.05) is 22.6 Å². The van der Waals surface area contributed by atoms with Crippen LogP contribution in [0, 0.1) is 3.57 Å². The van der Waals surface area contributed by atoms with Crippen LogP contribution >= 0.6 is 22.6 Å². The molecule has 4 heteroatoms. The topological polar surface area (TPSA) is 63.3 Å². The monoisotopic (exact) mass is 289 g/mol. The van der Waals surface area contributed by atoms with Gasteiger partial charge in [0.15, 0.2) is 0 Å². The predicted octanol–water partition coefficient (Wildman–Crippen LogP) is 1.50. The highest BCUT2D eigenvalue weighted by Gasteiger charge is 1.96. The molecule has 0 unspecified atom stereocenters. The van der Waals surface area contributed by atoms with Crippen molar-refractivity contribution >= 4 is 34.6 Å². The lowest BCUT2D eigenvalue weighted by atomic mass is 10.2. The molecule has 0 heterocycles. The van der Waals surface area contributed by atoms with Crippen molar-refractivity contribution in [3.05, 3.63) is 33.4 Å². The highest BCUT2D eigenvalue weighted by molar-refractivity contribution is 14.1. The van der Waals surface area contributed by atoms with Gasteiger partial charge in [-0.05, 0) is 46.4 Å². The lowest BCUT2D eigenvalue weighted by Gasteiger charge is -1.97. The zero-order valence-electron chi connectivity index (χ0n) is 6.70. The number of carbonyl (C=O) groups is 1. The molecule has 68 valence electrons. The fraction of sp³-hybridized carbons (Fsp3) is 0. The van der Waals surface area contributed by atoms with Gasteiger partial charge in [0.25, 0.3) is 0 Å². The number of nitrogens with two attached hydrogens (primary N) is 1. The molecule has 0 atom stereocenters. The van der Waals surface area contributed by atoms with Crippen LogP contribution in [0.3, 0.4) is 0 Å². The smallest absolute Gasteiger partial charge is 0.241 e. The molecule has 0 radical (unpaired) electrons. The van der Waals surface area contributed by atoms with Gasteiger partial charge in [-0.3, -0.25) is 4.79 Å². The molecule has 1 rings (SSSR count). The first-order valence-corrected chi connectivity index (χ1v) is 4.63. The molecule has 0 aliphatic heterocycles. The molecule has 3 N–H and O–H groups in total. The second-order valence-electron chi connectivity index (χ2n) is 2.45. The summed E-state index contributed by atoms with van der Waals surface area (Å²) in [5.74, 6) is -0.250. The van der Waals surface area contributed by atoms with Crippen LogP contribution in [0.1, 0.15) is 5.56 Å². The molecule has 0 aliphatic rings. The van der Waals surface area contributed by atoms with Crippen LogP contribution in [-0.4, -0.2) is 11.0 Å². The lowest BCUT2D eigenvalue weighted by molar-refractivity contribution is -0.113. The van der Waals surface area contributed by atoms with Crippen molar-refractivity contribution in [3.8, 4) is 5.75 Å². The largest absolute Gasteiger partial charge is 0.507 e. The summed E-state index contributed by atoms with van der Waals surface area (Å²) in [6.45, 7) is 0. The summed E-state index contributed by atoms with van der Waals surface area (Å²) in [4.78, 5) is 10.4. The van der Waals surface area contributed by atoms with Crippen molar-refractivity contribution in [3.63, 3.8) is 0 Å². The molecule has 0 spiro atoms. The average molecular weight is 289 g/mol. The first kappa shape index (κ1) is 10.0. The molecule has 1 aromatic rings. The van der Waals surface area contributed by atoms with Crippen LogP contribution in [0.2, 0.25) is 0 Å². The molecule has 3 nitrogen and oxygen atoms in total. The number of primary amides is 1. The number of hydrogen-bond donors (Lipinski definition) is 2. The van der Waals surface area contributed by atoms with Crippen LogP contribution in [0.25, 0.3) is 6.08 Å². The maximum Gasteiger partial charge on any atom is 0.241 e. The van der Waals surface area contributed by atoms with E-state index in [9.17, 15) is 9.90 Å². The molecule has 0 saturated heterocycles. The molecule has 0 bridgehead atoms. The Labute approximate surface area is 89.4 Å². The number of phenols is 1. The summed E-state index contributed by atoms with van der Waals surface area (Å²) in [6, 6.07) is 5.04. The molecule has 1 aromatic carbocycles. The van der Waals surface area contributed by atoms with Gasteiger partial charge < -0.3 is 10.8 Å². The van der Waals surface area contributed by atoms with Gasteiger partial charge in [-0.1, -0.05) is 6.07 Å². The van der Waals surface area contributed by atoms with Crippen LogP contribution in [-0.2, 0) is 4.79 Å². The van der Waals surface area contributed by atoms with Gasteiger partial charge in [0, 0.05) is 6.08 Å². The van der Waals surface area contributed by atoms with E-state index in [1.54, 1.807) is 24.3 Å². The fourth-order valence-electron chi connectivity index (χ4n) is 0.805. The standard InChI is InChI=1S/C9H8INO2/c10-7-5-6(1-3-8(7)12)2-4-9(11)13/h1-5,12H,(H2,11,13)/b4-2-. The Bertz CT molecular complexity index is 361. The Hall–Kier alpha value is -1.04. The Kier molecular flexibility index (Phi) is 3.30. The van der Waals surface area contributed by atoms with Gasteiger partial charge >= 0.3 is 0 Å². The van der Waals surface area contributed by atoms with Crippen LogP contribution < -0.4 is 5.73 Å². The molecular formula is C9H8INO2. The predicted molar refractivity (Wildman–Crippen MR) is 59.1 cm³/mol. The van der Waals surface area contributed by atoms with Gasteiger partial charge in [-0.25, -0.2) is 0 Å². The van der Waals surface area contributed by atoms with Crippen LogP contribution in [0.4, 0.5) is 0 Å². The molecule has 13 heavy (non-hydrogen) atoms. The van der Waals surface area contributed by atoms with Gasteiger partial charge in [-0.15, -0.1) is 0 Å². The van der Waals surface area contributed by atoms with Crippen molar-refractivity contribution in [2.75, 3.05) is 0 Å². The van der Waals surface area contributed by atoms with Gasteiger partial charge in [0.1, 0.15) is 5.75 Å². The Morgan fingerprint density at radius 1 is 1.54 bits per heavy atom. The normalized spacial score (nSPS) is 10.5. The quantitative estimate of drug-likeness (QED) is 0.640. The first-order chi connectivity index (χ1) is 6.09. The lowest BCUT2D eigenvalue weighted by Crippen LogP contribution is -2.05. The number of rotatable bonds is 2. The van der Waals surface area contributed by atoms with Gasteiger partial charge in [0.2, 0.25) is 5.91 Å². The van der Waals surface area contributed by atoms with Gasteiger partial charge in [-0.2, -0.15) is 0 Å². The molecule has 0 aromatic heterocycles. The summed E-state index contributed by atoms with van der Waals surface area (Å²) in [5, 5.41) is 9.20. The second-order valence-corrected chi connectivity index (χ2v) is 3.61. The minimum absolute atomic E-state index is 0.233. The third kappa shape index (κ3) is 3.06. The van der Waals surface area contributed by atoms with Crippen molar-refractivity contribution in [1.29, 1.82) is 0 Å². The van der Waals surface area contributed by atoms with E-state index in [4.69, 9.17) is 5.73 Å². The number of carbonyl (C=O) groups excluding carboxylic acids is 1. The maximum atomic E-state index is 10.4. The number of aromatic hydroxyl groups is 1. The third-order valence-electron chi connectivity index (χ3n) is 1.41. The van der Waals surface area contributed by atoms with Crippen molar-refractivity contribution in [1.82, 2.24) is 0 Å². The molecule has 0 fully saturated rings. The van der Waals surface area contributed by atoms with E-state index >= 15 is 0 Å². The Morgan fingerprint density at radius 2 is 2.23 bits per heavy atom. The summed E-state index contributed by atoms with van der Waals surface area (Å²) in [5.41, 5.74) is 5.77. The number of halogens is 1. The fourth-order valence-corrected chi connectivity index (χ4v) is 1.34.